The molecule has 0 aliphatic heterocycles. The Morgan fingerprint density at radius 2 is 1.07 bits per heavy atom. The van der Waals surface area contributed by atoms with E-state index in [1.165, 1.54) is 49.6 Å². The molecule has 0 N–H and O–H groups in total. The number of nitrogens with zero attached hydrogens (tertiary/aromatic N) is 4. The Labute approximate surface area is 314 Å². The summed E-state index contributed by atoms with van der Waals surface area (Å²) in [6, 6.07) is 60.8. The average Bonchev–Trinajstić information content (AvgIpc) is 3.56. The maximum atomic E-state index is 4.89. The van der Waals surface area contributed by atoms with Gasteiger partial charge in [0.05, 0.1) is 22.1 Å². The lowest BCUT2D eigenvalue weighted by atomic mass is 9.91. The first kappa shape index (κ1) is 31.7. The molecular weight excluding hydrogens is 657 g/mol. The van der Waals surface area contributed by atoms with Crippen molar-refractivity contribution in [1.82, 2.24) is 14.5 Å². The molecule has 3 heterocycles. The second-order valence-electron chi connectivity index (χ2n) is 14.0. The van der Waals surface area contributed by atoms with Crippen LogP contribution in [-0.4, -0.2) is 14.5 Å². The van der Waals surface area contributed by atoms with Gasteiger partial charge in [-0.2, -0.15) is 0 Å². The zero-order chi connectivity index (χ0) is 36.2. The molecular formula is C50H36N4. The van der Waals surface area contributed by atoms with Gasteiger partial charge >= 0.3 is 0 Å². The highest BCUT2D eigenvalue weighted by molar-refractivity contribution is 6.11. The Balaban J connectivity index is 1.02. The van der Waals surface area contributed by atoms with Crippen molar-refractivity contribution >= 4 is 60.7 Å². The van der Waals surface area contributed by atoms with Gasteiger partial charge in [-0.05, 0) is 114 Å². The molecule has 0 aliphatic rings. The van der Waals surface area contributed by atoms with E-state index in [4.69, 9.17) is 4.98 Å². The van der Waals surface area contributed by atoms with Gasteiger partial charge in [0.25, 0.3) is 0 Å². The lowest BCUT2D eigenvalue weighted by Gasteiger charge is -2.25. The van der Waals surface area contributed by atoms with Crippen LogP contribution in [0.2, 0.25) is 0 Å². The van der Waals surface area contributed by atoms with Gasteiger partial charge in [0.2, 0.25) is 0 Å². The van der Waals surface area contributed by atoms with E-state index < -0.39 is 0 Å². The molecule has 4 nitrogen and oxygen atoms in total. The van der Waals surface area contributed by atoms with E-state index in [0.717, 1.165) is 50.1 Å². The quantitative estimate of drug-likeness (QED) is 0.163. The number of hydrogen-bond donors (Lipinski definition) is 0. The number of benzene rings is 7. The Kier molecular flexibility index (Phi) is 7.55. The maximum absolute atomic E-state index is 4.89. The van der Waals surface area contributed by atoms with E-state index in [1.807, 2.05) is 18.5 Å². The Hall–Kier alpha value is -7.04. The minimum atomic E-state index is 0.938. The summed E-state index contributed by atoms with van der Waals surface area (Å²) < 4.78 is 2.39. The number of rotatable bonds is 6. The molecule has 10 aromatic rings. The maximum Gasteiger partial charge on any atom is 0.0964 e. The second kappa shape index (κ2) is 12.9. The summed E-state index contributed by atoms with van der Waals surface area (Å²) in [5, 5.41) is 4.66. The van der Waals surface area contributed by atoms with E-state index in [9.17, 15) is 0 Å². The molecule has 3 aromatic heterocycles. The molecule has 0 saturated carbocycles. The Bertz CT molecular complexity index is 2960. The van der Waals surface area contributed by atoms with E-state index in [2.05, 4.69) is 192 Å². The first-order chi connectivity index (χ1) is 26.6. The molecule has 54 heavy (non-hydrogen) atoms. The molecule has 10 rings (SSSR count). The number of aromatic nitrogens is 3. The van der Waals surface area contributed by atoms with Crippen LogP contribution < -0.4 is 4.90 Å². The molecule has 0 spiro atoms. The lowest BCUT2D eigenvalue weighted by Crippen LogP contribution is -2.09. The van der Waals surface area contributed by atoms with E-state index >= 15 is 0 Å². The summed E-state index contributed by atoms with van der Waals surface area (Å²) in [5.41, 5.74) is 16.0. The van der Waals surface area contributed by atoms with E-state index in [1.54, 1.807) is 0 Å². The van der Waals surface area contributed by atoms with Crippen molar-refractivity contribution in [3.05, 3.63) is 193 Å². The van der Waals surface area contributed by atoms with Crippen LogP contribution in [0.4, 0.5) is 17.1 Å². The normalized spacial score (nSPS) is 11.5. The van der Waals surface area contributed by atoms with Gasteiger partial charge in [-0.25, -0.2) is 0 Å². The number of para-hydroxylation sites is 3. The van der Waals surface area contributed by atoms with Gasteiger partial charge in [-0.1, -0.05) is 97.1 Å². The van der Waals surface area contributed by atoms with Crippen molar-refractivity contribution in [3.8, 4) is 27.9 Å². The minimum absolute atomic E-state index is 0.938. The van der Waals surface area contributed by atoms with Crippen molar-refractivity contribution in [1.29, 1.82) is 0 Å². The predicted octanol–water partition coefficient (Wildman–Crippen LogP) is 13.3. The van der Waals surface area contributed by atoms with Crippen LogP contribution in [0.25, 0.3) is 71.6 Å². The van der Waals surface area contributed by atoms with Crippen LogP contribution in [0.3, 0.4) is 0 Å². The van der Waals surface area contributed by atoms with Crippen LogP contribution in [0.15, 0.2) is 182 Å². The smallest absolute Gasteiger partial charge is 0.0964 e. The highest BCUT2D eigenvalue weighted by atomic mass is 15.1. The van der Waals surface area contributed by atoms with Crippen LogP contribution in [-0.2, 0) is 0 Å². The monoisotopic (exact) mass is 692 g/mol. The van der Waals surface area contributed by atoms with Crippen molar-refractivity contribution < 1.29 is 0 Å². The molecule has 0 radical (unpaired) electrons. The first-order valence-electron chi connectivity index (χ1n) is 18.4. The van der Waals surface area contributed by atoms with Gasteiger partial charge in [0, 0.05) is 62.3 Å². The molecule has 4 heteroatoms. The second-order valence-corrected chi connectivity index (χ2v) is 14.0. The molecule has 0 unspecified atom stereocenters. The van der Waals surface area contributed by atoms with Crippen LogP contribution in [0.5, 0.6) is 0 Å². The fourth-order valence-electron chi connectivity index (χ4n) is 8.10. The third-order valence-corrected chi connectivity index (χ3v) is 10.9. The van der Waals surface area contributed by atoms with Crippen LogP contribution in [0.1, 0.15) is 11.1 Å². The van der Waals surface area contributed by atoms with Crippen molar-refractivity contribution in [2.45, 2.75) is 13.8 Å². The molecule has 256 valence electrons. The largest absolute Gasteiger partial charge is 0.310 e. The summed E-state index contributed by atoms with van der Waals surface area (Å²) in [4.78, 5) is 11.8. The number of fused-ring (bicyclic) bond motifs is 6. The van der Waals surface area contributed by atoms with Crippen molar-refractivity contribution in [2.75, 3.05) is 4.90 Å². The third kappa shape index (κ3) is 5.22. The van der Waals surface area contributed by atoms with Gasteiger partial charge in [-0.3, -0.25) is 9.97 Å². The minimum Gasteiger partial charge on any atom is -0.310 e. The van der Waals surface area contributed by atoms with Gasteiger partial charge < -0.3 is 9.47 Å². The summed E-state index contributed by atoms with van der Waals surface area (Å²) in [5.74, 6) is 0. The molecule has 0 bridgehead atoms. The molecule has 0 aliphatic carbocycles. The fourth-order valence-corrected chi connectivity index (χ4v) is 8.10. The molecule has 0 atom stereocenters. The fraction of sp³-hybridized carbons (Fsp3) is 0.0400. The average molecular weight is 693 g/mol. The van der Waals surface area contributed by atoms with Crippen molar-refractivity contribution in [3.63, 3.8) is 0 Å². The van der Waals surface area contributed by atoms with Gasteiger partial charge in [0.1, 0.15) is 0 Å². The predicted molar refractivity (Wildman–Crippen MR) is 226 cm³/mol. The highest BCUT2D eigenvalue weighted by Gasteiger charge is 2.18. The van der Waals surface area contributed by atoms with Crippen LogP contribution >= 0.6 is 0 Å². The molecule has 7 aromatic carbocycles. The molecule has 0 amide bonds. The van der Waals surface area contributed by atoms with E-state index in [-0.39, 0.29) is 0 Å². The zero-order valence-electron chi connectivity index (χ0n) is 30.1. The number of hydrogen-bond acceptors (Lipinski definition) is 3. The number of anilines is 3. The summed E-state index contributed by atoms with van der Waals surface area (Å²) in [6.07, 6.45) is 3.82. The van der Waals surface area contributed by atoms with Gasteiger partial charge in [0.15, 0.2) is 0 Å². The summed E-state index contributed by atoms with van der Waals surface area (Å²) in [7, 11) is 0. The van der Waals surface area contributed by atoms with Crippen molar-refractivity contribution in [2.24, 2.45) is 0 Å². The SMILES string of the molecule is Cc1c(-c2ccc(-n3c4ccccc4c4cc(N(c5ccccc5)c5ccccc5)ccc43)cc2)ccc(-c2cnc3c(ccc4cccnc43)c2)c1C. The van der Waals surface area contributed by atoms with Crippen LogP contribution in [0, 0.1) is 13.8 Å². The Morgan fingerprint density at radius 3 is 1.81 bits per heavy atom. The number of pyridine rings is 2. The summed E-state index contributed by atoms with van der Waals surface area (Å²) >= 11 is 0. The topological polar surface area (TPSA) is 34.0 Å². The van der Waals surface area contributed by atoms with E-state index in [0.29, 0.717) is 0 Å². The third-order valence-electron chi connectivity index (χ3n) is 10.9. The standard InChI is InChI=1S/C50H36N4/c1-33-34(2)44(38-30-37-20-19-36-12-11-29-51-49(36)50(37)52-32-38)27-26-43(33)35-21-23-41(24-22-35)54-47-18-10-9-17-45(47)46-31-42(25-28-48(46)54)53(39-13-5-3-6-14-39)40-15-7-4-8-16-40/h3-32H,1-2H3. The Morgan fingerprint density at radius 1 is 0.444 bits per heavy atom. The lowest BCUT2D eigenvalue weighted by molar-refractivity contribution is 1.18. The zero-order valence-corrected chi connectivity index (χ0v) is 30.1. The first-order valence-corrected chi connectivity index (χ1v) is 18.4. The summed E-state index contributed by atoms with van der Waals surface area (Å²) in [6.45, 7) is 4.45. The molecule has 0 saturated heterocycles. The molecule has 0 fully saturated rings. The van der Waals surface area contributed by atoms with Gasteiger partial charge in [-0.15, -0.1) is 0 Å². The highest BCUT2D eigenvalue weighted by Crippen LogP contribution is 2.40.